The van der Waals surface area contributed by atoms with Gasteiger partial charge in [-0.3, -0.25) is 24.7 Å². The number of nitrogens with one attached hydrogen (secondary N) is 3. The average Bonchev–Trinajstić information content (AvgIpc) is 4.23. The Morgan fingerprint density at radius 2 is 1.84 bits per heavy atom. The maximum atomic E-state index is 14.8. The Bertz CT molecular complexity index is 3080. The number of anilines is 4. The maximum Gasteiger partial charge on any atom is 0.297 e. The van der Waals surface area contributed by atoms with Crippen LogP contribution < -0.4 is 29.3 Å². The van der Waals surface area contributed by atoms with Crippen LogP contribution in [0.5, 0.6) is 11.6 Å². The first-order valence-electron chi connectivity index (χ1n) is 26.4. The number of ether oxygens (including phenoxy) is 4. The molecule has 1 spiro atoms. The molecule has 19 heteroatoms. The normalized spacial score (nSPS) is 26.8. The minimum absolute atomic E-state index is 0.0299. The molecule has 7 aliphatic heterocycles. The van der Waals surface area contributed by atoms with Gasteiger partial charge in [0, 0.05) is 92.6 Å². The number of pyridine rings is 1. The number of benzene rings is 3. The van der Waals surface area contributed by atoms with Gasteiger partial charge in [0.2, 0.25) is 5.88 Å². The van der Waals surface area contributed by atoms with Gasteiger partial charge in [-0.1, -0.05) is 31.2 Å². The number of piperidine rings is 1. The summed E-state index contributed by atoms with van der Waals surface area (Å²) in [5, 5.41) is 16.7. The van der Waals surface area contributed by atoms with Crippen molar-refractivity contribution in [3.05, 3.63) is 99.7 Å². The Labute approximate surface area is 424 Å². The van der Waals surface area contributed by atoms with Crippen LogP contribution in [0.1, 0.15) is 85.8 Å². The maximum absolute atomic E-state index is 14.8. The summed E-state index contributed by atoms with van der Waals surface area (Å²) < 4.78 is 55.6. The van der Waals surface area contributed by atoms with Crippen LogP contribution in [0.4, 0.5) is 28.4 Å². The summed E-state index contributed by atoms with van der Waals surface area (Å²) in [5.41, 5.74) is 5.73. The van der Waals surface area contributed by atoms with Gasteiger partial charge in [0.05, 0.1) is 53.0 Å². The molecular formula is C54H63N9O9S. The van der Waals surface area contributed by atoms with E-state index in [1.54, 1.807) is 6.07 Å². The smallest absolute Gasteiger partial charge is 0.297 e. The monoisotopic (exact) mass is 1010 g/mol. The van der Waals surface area contributed by atoms with E-state index < -0.39 is 31.4 Å². The molecule has 8 aliphatic rings. The van der Waals surface area contributed by atoms with Crippen molar-refractivity contribution in [3.63, 3.8) is 0 Å². The molecular weight excluding hydrogens is 951 g/mol. The Balaban J connectivity index is 0.787. The first kappa shape index (κ1) is 46.8. The van der Waals surface area contributed by atoms with Crippen LogP contribution >= 0.6 is 0 Å². The number of carbonyl (C=O) groups excluding carboxylic acids is 1. The summed E-state index contributed by atoms with van der Waals surface area (Å²) >= 11 is 0. The number of hydrogen-bond acceptors (Lipinski definition) is 15. The number of rotatable bonds is 11. The summed E-state index contributed by atoms with van der Waals surface area (Å²) in [6.07, 6.45) is 11.5. The number of H-pyrrole nitrogens is 1. The fourth-order valence-corrected chi connectivity index (χ4v) is 14.6. The number of nitrogens with zero attached hydrogens (tertiary/aromatic N) is 6. The van der Waals surface area contributed by atoms with Crippen molar-refractivity contribution in [2.24, 2.45) is 11.3 Å². The highest BCUT2D eigenvalue weighted by molar-refractivity contribution is 7.90. The molecule has 9 heterocycles. The number of aryl methyl sites for hydroxylation is 1. The first-order chi connectivity index (χ1) is 35.5. The summed E-state index contributed by atoms with van der Waals surface area (Å²) in [7, 11) is -4.69. The lowest BCUT2D eigenvalue weighted by atomic mass is 9.59. The number of nitro groups is 1. The molecule has 3 aromatic carbocycles. The molecule has 2 aromatic heterocycles. The van der Waals surface area contributed by atoms with Crippen molar-refractivity contribution >= 4 is 55.4 Å². The average molecular weight is 1010 g/mol. The fourth-order valence-electron chi connectivity index (χ4n) is 13.6. The third-order valence-corrected chi connectivity index (χ3v) is 18.8. The highest BCUT2D eigenvalue weighted by atomic mass is 32.2. The molecule has 3 N–H and O–H groups in total. The van der Waals surface area contributed by atoms with Crippen molar-refractivity contribution in [1.29, 1.82) is 0 Å². The van der Waals surface area contributed by atoms with Crippen LogP contribution in [0.15, 0.2) is 77.8 Å². The predicted octanol–water partition coefficient (Wildman–Crippen LogP) is 7.32. The van der Waals surface area contributed by atoms with Gasteiger partial charge in [-0.25, -0.2) is 13.1 Å². The number of aromatic nitrogens is 2. The summed E-state index contributed by atoms with van der Waals surface area (Å²) in [6, 6.07) is 21.9. The molecule has 5 saturated heterocycles. The fraction of sp³-hybridized carbons (Fsp3) is 0.519. The Hall–Kier alpha value is -5.99. The Morgan fingerprint density at radius 1 is 0.973 bits per heavy atom. The Morgan fingerprint density at radius 3 is 2.64 bits per heavy atom. The minimum atomic E-state index is -4.69. The number of aromatic amines is 1. The highest BCUT2D eigenvalue weighted by Crippen LogP contribution is 2.54. The molecule has 18 nitrogen and oxygen atoms in total. The van der Waals surface area contributed by atoms with E-state index in [9.17, 15) is 23.3 Å². The van der Waals surface area contributed by atoms with Crippen LogP contribution in [0, 0.1) is 21.4 Å². The van der Waals surface area contributed by atoms with Crippen LogP contribution in [-0.2, 0) is 25.9 Å². The second-order valence-electron chi connectivity index (χ2n) is 21.8. The van der Waals surface area contributed by atoms with Gasteiger partial charge in [-0.2, -0.15) is 4.98 Å². The van der Waals surface area contributed by atoms with E-state index in [0.717, 1.165) is 69.0 Å². The van der Waals surface area contributed by atoms with E-state index in [1.165, 1.54) is 42.9 Å². The standard InChI is InChI=1S/C54H63N9O9S/c1-2-33-6-3-4-7-42(33)44-8-5-16-61(44)39-25-54(26-39)13-17-59(18-14-54)37-9-10-43(45(22-37)62-27-35-30-69-19-12-48(35)72-53-47(62)20-34-11-15-55-51(34)57-53)52(64)58-73(67,68)41-23-46(63(65)66)50-49(24-41)71-31-36(56-50)28-60-29-40-21-38(60)32-70-40/h3-4,6-7,9-11,15,20,22-24,35-36,38-40,44,48,56H,2,5,8,12-14,16-19,21,25-32H2,1H3,(H,55,57)(H,58,64)/t35-,36+,38+,40+,44-,48-/m0/s1. The molecule has 384 valence electrons. The SMILES string of the molecule is CCc1ccccc1[C@@H]1CCCN1C1CC2(CCN(c3ccc(C(=O)NS(=O)(=O)c4cc5c(c([N+](=O)[O-])c4)N[C@H](CN4C[C@H]6C[C@@H]4CO6)CO5)c(N4C[C@H]5COCC[C@@H]5Oc5nc6[nH]ccc6cc54)c3)CC2)C1. The van der Waals surface area contributed by atoms with Crippen molar-refractivity contribution in [2.45, 2.75) is 106 Å². The lowest BCUT2D eigenvalue weighted by Crippen LogP contribution is -2.55. The molecule has 1 saturated carbocycles. The van der Waals surface area contributed by atoms with Crippen molar-refractivity contribution in [1.82, 2.24) is 24.5 Å². The molecule has 6 atom stereocenters. The third-order valence-electron chi connectivity index (χ3n) is 17.5. The number of hydrogen-bond donors (Lipinski definition) is 3. The molecule has 1 amide bonds. The van der Waals surface area contributed by atoms with Crippen molar-refractivity contribution < 1.29 is 37.1 Å². The van der Waals surface area contributed by atoms with E-state index in [-0.39, 0.29) is 53.2 Å². The van der Waals surface area contributed by atoms with Crippen LogP contribution in [0.3, 0.4) is 0 Å². The summed E-state index contributed by atoms with van der Waals surface area (Å²) in [4.78, 5) is 44.0. The van der Waals surface area contributed by atoms with E-state index >= 15 is 0 Å². The second-order valence-corrected chi connectivity index (χ2v) is 23.5. The zero-order valence-electron chi connectivity index (χ0n) is 41.2. The second kappa shape index (κ2) is 18.4. The van der Waals surface area contributed by atoms with Gasteiger partial charge in [-0.15, -0.1) is 0 Å². The van der Waals surface area contributed by atoms with Gasteiger partial charge in [0.15, 0.2) is 11.4 Å². The number of likely N-dealkylation sites (tertiary alicyclic amines) is 2. The molecule has 13 rings (SSSR count). The van der Waals surface area contributed by atoms with Gasteiger partial charge in [0.1, 0.15) is 24.0 Å². The van der Waals surface area contributed by atoms with Crippen LogP contribution in [0.2, 0.25) is 0 Å². The van der Waals surface area contributed by atoms with Gasteiger partial charge in [-0.05, 0) is 105 Å². The van der Waals surface area contributed by atoms with E-state index in [4.69, 9.17) is 23.9 Å². The number of morpholine rings is 1. The van der Waals surface area contributed by atoms with Crippen LogP contribution in [0.25, 0.3) is 11.0 Å². The quantitative estimate of drug-likeness (QED) is 0.0879. The summed E-state index contributed by atoms with van der Waals surface area (Å²) in [5.74, 6) is -0.545. The lowest BCUT2D eigenvalue weighted by Gasteiger charge is -2.56. The lowest BCUT2D eigenvalue weighted by molar-refractivity contribution is -0.384. The van der Waals surface area contributed by atoms with Crippen molar-refractivity contribution in [3.8, 4) is 11.6 Å². The van der Waals surface area contributed by atoms with Gasteiger partial charge in [0.25, 0.3) is 21.6 Å². The molecule has 1 aliphatic carbocycles. The number of amides is 1. The first-order valence-corrected chi connectivity index (χ1v) is 27.8. The van der Waals surface area contributed by atoms with Crippen LogP contribution in [-0.4, -0.2) is 135 Å². The number of nitro benzene ring substituents is 1. The molecule has 0 unspecified atom stereocenters. The number of fused-ring (bicyclic) bond motifs is 6. The molecule has 5 aromatic rings. The number of carbonyl (C=O) groups is 1. The van der Waals surface area contributed by atoms with E-state index in [0.29, 0.717) is 80.4 Å². The summed E-state index contributed by atoms with van der Waals surface area (Å²) in [6.45, 7) is 8.71. The minimum Gasteiger partial charge on any atom is -0.489 e. The zero-order valence-corrected chi connectivity index (χ0v) is 42.0. The van der Waals surface area contributed by atoms with E-state index in [2.05, 4.69) is 60.9 Å². The largest absolute Gasteiger partial charge is 0.489 e. The molecule has 2 bridgehead atoms. The highest BCUT2D eigenvalue weighted by Gasteiger charge is 2.50. The number of sulfonamides is 1. The van der Waals surface area contributed by atoms with Crippen molar-refractivity contribution in [2.75, 3.05) is 80.8 Å². The van der Waals surface area contributed by atoms with E-state index in [1.807, 2.05) is 35.4 Å². The topological polar surface area (TPSA) is 197 Å². The zero-order chi connectivity index (χ0) is 49.6. The third kappa shape index (κ3) is 8.54. The predicted molar refractivity (Wildman–Crippen MR) is 275 cm³/mol. The van der Waals surface area contributed by atoms with Gasteiger partial charge >= 0.3 is 0 Å². The molecule has 73 heavy (non-hydrogen) atoms. The van der Waals surface area contributed by atoms with Gasteiger partial charge < -0.3 is 39.0 Å². The molecule has 6 fully saturated rings. The Kier molecular flexibility index (Phi) is 11.8. The molecule has 0 radical (unpaired) electrons.